The number of hydrazine groups is 1. The molecule has 0 atom stereocenters. The predicted molar refractivity (Wildman–Crippen MR) is 91.0 cm³/mol. The van der Waals surface area contributed by atoms with Crippen LogP contribution in [0.25, 0.3) is 10.2 Å². The molecule has 0 unspecified atom stereocenters. The van der Waals surface area contributed by atoms with Gasteiger partial charge in [-0.15, -0.1) is 23.1 Å². The molecule has 0 saturated heterocycles. The first kappa shape index (κ1) is 14.6. The number of nitrogens with one attached hydrogen (secondary N) is 1. The fourth-order valence-corrected chi connectivity index (χ4v) is 3.95. The van der Waals surface area contributed by atoms with Crippen LogP contribution in [0.4, 0.5) is 5.95 Å². The highest BCUT2D eigenvalue weighted by atomic mass is 35.5. The maximum atomic E-state index is 5.90. The number of aryl methyl sites for hydroxylation is 1. The molecule has 0 spiro atoms. The number of nitrogens with two attached hydrogens (primary N) is 1. The van der Waals surface area contributed by atoms with E-state index in [9.17, 15) is 0 Å². The van der Waals surface area contributed by atoms with Gasteiger partial charge in [-0.3, -0.25) is 5.43 Å². The third kappa shape index (κ3) is 3.29. The normalized spacial score (nSPS) is 11.0. The first-order valence-corrected chi connectivity index (χ1v) is 8.46. The number of hydrogen-bond donors (Lipinski definition) is 2. The van der Waals surface area contributed by atoms with Crippen molar-refractivity contribution in [2.24, 2.45) is 5.84 Å². The average molecular weight is 337 g/mol. The van der Waals surface area contributed by atoms with Crippen molar-refractivity contribution < 1.29 is 0 Å². The Morgan fingerprint density at radius 3 is 2.76 bits per heavy atom. The van der Waals surface area contributed by atoms with Crippen LogP contribution in [0.15, 0.2) is 35.4 Å². The second-order valence-electron chi connectivity index (χ2n) is 4.49. The van der Waals surface area contributed by atoms with Crippen LogP contribution in [0.5, 0.6) is 0 Å². The Labute approximate surface area is 135 Å². The molecular formula is C14H13ClN4S2. The molecule has 0 aliphatic carbocycles. The van der Waals surface area contributed by atoms with Gasteiger partial charge in [-0.25, -0.2) is 15.8 Å². The van der Waals surface area contributed by atoms with Crippen LogP contribution in [0, 0.1) is 6.92 Å². The number of rotatable bonds is 4. The fraction of sp³-hybridized carbons (Fsp3) is 0.143. The minimum absolute atomic E-state index is 0.447. The van der Waals surface area contributed by atoms with E-state index in [1.54, 1.807) is 23.1 Å². The summed E-state index contributed by atoms with van der Waals surface area (Å²) >= 11 is 9.21. The number of halogens is 1. The lowest BCUT2D eigenvalue weighted by Gasteiger charge is -2.05. The van der Waals surface area contributed by atoms with Gasteiger partial charge in [0.2, 0.25) is 5.95 Å². The molecule has 3 rings (SSSR count). The SMILES string of the molecule is Cc1cc2c(SCc3ccc(Cl)cc3)nc(NN)nc2s1. The van der Waals surface area contributed by atoms with Gasteiger partial charge in [0.1, 0.15) is 9.86 Å². The monoisotopic (exact) mass is 336 g/mol. The summed E-state index contributed by atoms with van der Waals surface area (Å²) in [5.74, 6) is 6.71. The van der Waals surface area contributed by atoms with Gasteiger partial charge in [0, 0.05) is 21.0 Å². The van der Waals surface area contributed by atoms with Crippen LogP contribution in [0.2, 0.25) is 5.02 Å². The summed E-state index contributed by atoms with van der Waals surface area (Å²) in [6.07, 6.45) is 0. The van der Waals surface area contributed by atoms with Gasteiger partial charge < -0.3 is 0 Å². The predicted octanol–water partition coefficient (Wildman–Crippen LogP) is 4.23. The van der Waals surface area contributed by atoms with Crippen molar-refractivity contribution in [2.75, 3.05) is 5.43 Å². The molecule has 3 aromatic rings. The van der Waals surface area contributed by atoms with Gasteiger partial charge in [0.15, 0.2) is 0 Å². The summed E-state index contributed by atoms with van der Waals surface area (Å²) in [6, 6.07) is 9.96. The van der Waals surface area contributed by atoms with Crippen LogP contribution in [0.1, 0.15) is 10.4 Å². The number of thiophene rings is 1. The van der Waals surface area contributed by atoms with Crippen LogP contribution in [-0.4, -0.2) is 9.97 Å². The first-order valence-electron chi connectivity index (χ1n) is 6.28. The lowest BCUT2D eigenvalue weighted by atomic mass is 10.2. The third-order valence-corrected chi connectivity index (χ3v) is 5.16. The summed E-state index contributed by atoms with van der Waals surface area (Å²) in [6.45, 7) is 2.07. The minimum Gasteiger partial charge on any atom is -0.292 e. The van der Waals surface area contributed by atoms with E-state index in [1.165, 1.54) is 10.4 Å². The smallest absolute Gasteiger partial charge is 0.239 e. The van der Waals surface area contributed by atoms with Crippen molar-refractivity contribution in [3.05, 3.63) is 45.8 Å². The molecule has 0 radical (unpaired) electrons. The fourth-order valence-electron chi connectivity index (χ4n) is 1.92. The summed E-state index contributed by atoms with van der Waals surface area (Å²) in [7, 11) is 0. The van der Waals surface area contributed by atoms with Crippen molar-refractivity contribution in [1.29, 1.82) is 0 Å². The molecular weight excluding hydrogens is 324 g/mol. The number of fused-ring (bicyclic) bond motifs is 1. The number of thioether (sulfide) groups is 1. The van der Waals surface area contributed by atoms with Crippen molar-refractivity contribution in [2.45, 2.75) is 17.7 Å². The van der Waals surface area contributed by atoms with Crippen molar-refractivity contribution in [3.63, 3.8) is 0 Å². The van der Waals surface area contributed by atoms with E-state index in [-0.39, 0.29) is 0 Å². The number of anilines is 1. The standard InChI is InChI=1S/C14H13ClN4S2/c1-8-6-11-12(17-14(19-16)18-13(11)21-8)20-7-9-2-4-10(15)5-3-9/h2-6H,7,16H2,1H3,(H,17,18,19). The largest absolute Gasteiger partial charge is 0.292 e. The first-order chi connectivity index (χ1) is 10.2. The number of nitrogen functional groups attached to an aromatic ring is 1. The van der Waals surface area contributed by atoms with E-state index in [4.69, 9.17) is 17.4 Å². The van der Waals surface area contributed by atoms with Crippen LogP contribution in [-0.2, 0) is 5.75 Å². The number of benzene rings is 1. The van der Waals surface area contributed by atoms with E-state index in [1.807, 2.05) is 24.3 Å². The van der Waals surface area contributed by atoms with Gasteiger partial charge in [-0.05, 0) is 30.7 Å². The molecule has 1 aromatic carbocycles. The van der Waals surface area contributed by atoms with Gasteiger partial charge in [-0.1, -0.05) is 23.7 Å². The topological polar surface area (TPSA) is 63.8 Å². The Morgan fingerprint density at radius 1 is 1.29 bits per heavy atom. The lowest BCUT2D eigenvalue weighted by Crippen LogP contribution is -2.10. The quantitative estimate of drug-likeness (QED) is 0.323. The Hall–Kier alpha value is -1.34. The Kier molecular flexibility index (Phi) is 4.30. The maximum Gasteiger partial charge on any atom is 0.239 e. The Bertz CT molecular complexity index is 770. The van der Waals surface area contributed by atoms with Crippen LogP contribution in [0.3, 0.4) is 0 Å². The van der Waals surface area contributed by atoms with E-state index in [0.717, 1.165) is 26.0 Å². The summed E-state index contributed by atoms with van der Waals surface area (Å²) < 4.78 is 0. The molecule has 0 aliphatic rings. The van der Waals surface area contributed by atoms with Crippen LogP contribution < -0.4 is 11.3 Å². The molecule has 3 N–H and O–H groups in total. The van der Waals surface area contributed by atoms with Gasteiger partial charge in [0.05, 0.1) is 0 Å². The molecule has 0 saturated carbocycles. The van der Waals surface area contributed by atoms with Crippen molar-refractivity contribution in [3.8, 4) is 0 Å². The zero-order valence-corrected chi connectivity index (χ0v) is 13.6. The second-order valence-corrected chi connectivity index (χ2v) is 7.12. The molecule has 2 aromatic heterocycles. The molecule has 0 aliphatic heterocycles. The zero-order valence-electron chi connectivity index (χ0n) is 11.3. The molecule has 4 nitrogen and oxygen atoms in total. The molecule has 7 heteroatoms. The lowest BCUT2D eigenvalue weighted by molar-refractivity contribution is 1.08. The maximum absolute atomic E-state index is 5.90. The van der Waals surface area contributed by atoms with Gasteiger partial charge in [-0.2, -0.15) is 0 Å². The van der Waals surface area contributed by atoms with E-state index in [2.05, 4.69) is 28.4 Å². The van der Waals surface area contributed by atoms with E-state index in [0.29, 0.717) is 5.95 Å². The highest BCUT2D eigenvalue weighted by molar-refractivity contribution is 7.98. The highest BCUT2D eigenvalue weighted by Gasteiger charge is 2.11. The molecule has 0 amide bonds. The second kappa shape index (κ2) is 6.19. The molecule has 0 bridgehead atoms. The van der Waals surface area contributed by atoms with E-state index >= 15 is 0 Å². The van der Waals surface area contributed by atoms with Crippen molar-refractivity contribution in [1.82, 2.24) is 9.97 Å². The number of hydrogen-bond acceptors (Lipinski definition) is 6. The van der Waals surface area contributed by atoms with Gasteiger partial charge in [0.25, 0.3) is 0 Å². The van der Waals surface area contributed by atoms with E-state index < -0.39 is 0 Å². The summed E-state index contributed by atoms with van der Waals surface area (Å²) in [5.41, 5.74) is 3.73. The Balaban J connectivity index is 1.90. The van der Waals surface area contributed by atoms with Gasteiger partial charge >= 0.3 is 0 Å². The molecule has 2 heterocycles. The molecule has 21 heavy (non-hydrogen) atoms. The Morgan fingerprint density at radius 2 is 2.05 bits per heavy atom. The number of nitrogens with zero attached hydrogens (tertiary/aromatic N) is 2. The molecule has 108 valence electrons. The molecule has 0 fully saturated rings. The average Bonchev–Trinajstić information content (AvgIpc) is 2.86. The van der Waals surface area contributed by atoms with Crippen LogP contribution >= 0.6 is 34.7 Å². The third-order valence-electron chi connectivity index (χ3n) is 2.90. The summed E-state index contributed by atoms with van der Waals surface area (Å²) in [4.78, 5) is 11.0. The zero-order chi connectivity index (χ0) is 14.8. The minimum atomic E-state index is 0.447. The highest BCUT2D eigenvalue weighted by Crippen LogP contribution is 2.33. The van der Waals surface area contributed by atoms with Crippen molar-refractivity contribution >= 4 is 50.9 Å². The summed E-state index contributed by atoms with van der Waals surface area (Å²) in [5, 5.41) is 2.76. The number of aromatic nitrogens is 2.